The highest BCUT2D eigenvalue weighted by molar-refractivity contribution is 6.62. The molecule has 0 aliphatic rings. The van der Waals surface area contributed by atoms with E-state index >= 15 is 0 Å². The molecule has 1 amide bonds. The maximum absolute atomic E-state index is 12.8. The molecule has 0 fully saturated rings. The van der Waals surface area contributed by atoms with E-state index in [1.54, 1.807) is 69.3 Å². The summed E-state index contributed by atoms with van der Waals surface area (Å²) >= 11 is 9.70. The van der Waals surface area contributed by atoms with Gasteiger partial charge < -0.3 is 38.2 Å². The van der Waals surface area contributed by atoms with Gasteiger partial charge in [-0.25, -0.2) is 4.79 Å². The first-order chi connectivity index (χ1) is 59.5. The van der Waals surface area contributed by atoms with E-state index in [0.29, 0.717) is 97.5 Å². The lowest BCUT2D eigenvalue weighted by Gasteiger charge is -2.19. The molecule has 0 spiro atoms. The summed E-state index contributed by atoms with van der Waals surface area (Å²) in [4.78, 5) is 23.7. The van der Waals surface area contributed by atoms with Crippen LogP contribution in [-0.2, 0) is 79.2 Å². The molecule has 0 aliphatic carbocycles. The third-order valence-electron chi connectivity index (χ3n) is 16.6. The number of nitrogens with one attached hydrogen (secondary N) is 2. The first kappa shape index (κ1) is 107. The predicted molar refractivity (Wildman–Crippen MR) is 454 cm³/mol. The van der Waals surface area contributed by atoms with Crippen LogP contribution < -0.4 is 28.0 Å². The van der Waals surface area contributed by atoms with Crippen LogP contribution in [-0.4, -0.2) is 122 Å². The molecular formula is C87H84BCl2F15N18O5. The highest BCUT2D eigenvalue weighted by Crippen LogP contribution is 2.35. The Labute approximate surface area is 736 Å². The molecule has 0 aliphatic heterocycles. The Morgan fingerprint density at radius 1 is 0.453 bits per heavy atom. The number of tetrazole rings is 3. The smallest absolute Gasteiger partial charge is 0.416 e. The Kier molecular flexibility index (Phi) is 42.8. The van der Waals surface area contributed by atoms with Crippen LogP contribution in [0.4, 0.5) is 76.3 Å². The Hall–Kier alpha value is -13.4. The van der Waals surface area contributed by atoms with Crippen LogP contribution in [0.5, 0.6) is 0 Å². The molecule has 41 heteroatoms. The zero-order chi connectivity index (χ0) is 92.8. The predicted octanol–water partition coefficient (Wildman–Crippen LogP) is 17.0. The number of nitrogen functional groups attached to an aromatic ring is 1. The van der Waals surface area contributed by atoms with Crippen molar-refractivity contribution in [3.05, 3.63) is 326 Å². The molecule has 12 N–H and O–H groups in total. The van der Waals surface area contributed by atoms with Crippen molar-refractivity contribution in [3.8, 4) is 46.3 Å². The third kappa shape index (κ3) is 37.4. The van der Waals surface area contributed by atoms with Gasteiger partial charge in [-0.3, -0.25) is 4.79 Å². The molecule has 0 saturated heterocycles. The molecule has 0 unspecified atom stereocenters. The Morgan fingerprint density at radius 3 is 1.06 bits per heavy atom. The van der Waals surface area contributed by atoms with E-state index in [2.05, 4.69) is 74.4 Å². The maximum atomic E-state index is 12.8. The van der Waals surface area contributed by atoms with Crippen molar-refractivity contribution in [3.63, 3.8) is 0 Å². The number of aromatic nitrogens is 12. The molecule has 0 saturated carbocycles. The maximum Gasteiger partial charge on any atom is 0.416 e. The van der Waals surface area contributed by atoms with Gasteiger partial charge in [-0.1, -0.05) is 181 Å². The van der Waals surface area contributed by atoms with Gasteiger partial charge in [0.2, 0.25) is 22.7 Å². The molecule has 10 aromatic carbocycles. The van der Waals surface area contributed by atoms with Gasteiger partial charge in [-0.05, 0) is 185 Å². The highest BCUT2D eigenvalue weighted by atomic mass is 35.5. The number of nitrogens with zero attached hydrogens (tertiary/aromatic N) is 13. The summed E-state index contributed by atoms with van der Waals surface area (Å²) in [5.74, 6) is 1.89. The Bertz CT molecular complexity index is 5590. The Balaban J connectivity index is 0.000000326. The van der Waals surface area contributed by atoms with Crippen molar-refractivity contribution in [1.82, 2.24) is 66.4 Å². The summed E-state index contributed by atoms with van der Waals surface area (Å²) < 4.78 is 192. The lowest BCUT2D eigenvalue weighted by atomic mass is 9.95. The van der Waals surface area contributed by atoms with E-state index < -0.39 is 70.4 Å². The second-order valence-corrected chi connectivity index (χ2v) is 28.3. The molecular weight excluding hydrogens is 1740 g/mol. The number of hydrogen-bond acceptors (Lipinski definition) is 17. The van der Waals surface area contributed by atoms with Crippen molar-refractivity contribution in [1.29, 1.82) is 10.5 Å². The summed E-state index contributed by atoms with van der Waals surface area (Å²) in [6.07, 6.45) is -20.3. The zero-order valence-corrected chi connectivity index (χ0v) is 70.0. The van der Waals surface area contributed by atoms with E-state index in [1.165, 1.54) is 77.2 Å². The van der Waals surface area contributed by atoms with Crippen molar-refractivity contribution >= 4 is 53.5 Å². The van der Waals surface area contributed by atoms with Crippen molar-refractivity contribution in [2.24, 2.45) is 11.5 Å². The normalized spacial score (nSPS) is 10.9. The third-order valence-corrected chi connectivity index (χ3v) is 16.8. The summed E-state index contributed by atoms with van der Waals surface area (Å²) in [5, 5.41) is 58.1. The van der Waals surface area contributed by atoms with Gasteiger partial charge in [-0.2, -0.15) is 91.2 Å². The van der Waals surface area contributed by atoms with Crippen LogP contribution in [0.25, 0.3) is 34.2 Å². The number of ether oxygens (including phenoxy) is 1. The van der Waals surface area contributed by atoms with Gasteiger partial charge >= 0.3 is 37.0 Å². The second-order valence-electron chi connectivity index (χ2n) is 27.4. The summed E-state index contributed by atoms with van der Waals surface area (Å²) in [6, 6.07) is 65.1. The largest absolute Gasteiger partial charge is 0.444 e. The van der Waals surface area contributed by atoms with Gasteiger partial charge in [0.1, 0.15) is 19.5 Å². The molecule has 674 valence electrons. The van der Waals surface area contributed by atoms with Crippen LogP contribution in [0.3, 0.4) is 0 Å². The molecule has 3 heterocycles. The molecule has 2 radical (unpaired) electrons. The van der Waals surface area contributed by atoms with Gasteiger partial charge in [0.05, 0.1) is 58.1 Å². The molecule has 13 aromatic rings. The molecule has 13 rings (SSSR count). The van der Waals surface area contributed by atoms with Gasteiger partial charge in [0.25, 0.3) is 0 Å². The molecule has 128 heavy (non-hydrogen) atoms. The average Bonchev–Trinajstić information content (AvgIpc) is 1.58. The molecule has 0 atom stereocenters. The standard InChI is InChI=1S/C22H24F3N5O2.C17H16F3N5.C15H11F3N4.C15H10F3N.C7H4BF3.C7H6N2.C2H6ClN.C2H3ClO.2H2O/c1-21(2,3)32-20(31)26-12-13-30-28-19(27-29-30)18-7-5-4-6-16(18)14-15-8-10-17(11-9-15)22(23,24)25;18-17(19,20)14-7-5-12(6-8-14)11-13-3-1-2-4-15(13)16-22-24-25(23-16)10-9-21;16-15(17,18)12-7-5-10(6-8-12)9-11-3-1-2-4-13(11)14-19-21-22-20-14;16-15(17,18)14-7-5-11(6-8-14)9-12-3-1-2-4-13(12)10-19;8-6-3-1-5(2-4-6)7(9,10)11;8-5-6-3-1-2-4-7(6)9;3-1-2-4;1-2(3)4;;/h4-11H,12-14H2,1-3H3,(H,26,31);1-8H,9-11,21H2;1-8H,9H2,(H,19,20,21,22);1-8H,9H2;1-4H;1-4H,9H2;1-2,4H2;1H3;2*1H2. The van der Waals surface area contributed by atoms with Gasteiger partial charge in [0.15, 0.2) is 0 Å². The number of nitriles is 2. The van der Waals surface area contributed by atoms with E-state index in [-0.39, 0.29) is 22.7 Å². The minimum Gasteiger partial charge on any atom is -0.444 e. The second kappa shape index (κ2) is 51.2. The number of anilines is 1. The van der Waals surface area contributed by atoms with Crippen molar-refractivity contribution < 1.29 is 91.1 Å². The monoisotopic (exact) mass is 1830 g/mol. The van der Waals surface area contributed by atoms with Crippen LogP contribution in [0, 0.1) is 22.7 Å². The van der Waals surface area contributed by atoms with E-state index in [4.69, 9.17) is 51.9 Å². The first-order valence-electron chi connectivity index (χ1n) is 37.4. The van der Waals surface area contributed by atoms with Crippen molar-refractivity contribution in [2.45, 2.75) is 103 Å². The minimum atomic E-state index is -4.36. The van der Waals surface area contributed by atoms with Crippen molar-refractivity contribution in [2.75, 3.05) is 31.2 Å². The number of nitrogens with two attached hydrogens (primary N) is 3. The summed E-state index contributed by atoms with van der Waals surface area (Å²) in [6.45, 7) is 8.64. The fourth-order valence-electron chi connectivity index (χ4n) is 10.7. The number of benzene rings is 10. The number of carbonyl (C=O) groups is 2. The summed E-state index contributed by atoms with van der Waals surface area (Å²) in [5.41, 5.74) is 22.7. The summed E-state index contributed by atoms with van der Waals surface area (Å²) in [7, 11) is 5.20. The lowest BCUT2D eigenvalue weighted by Crippen LogP contribution is -2.34. The molecule has 23 nitrogen and oxygen atoms in total. The fourth-order valence-corrected chi connectivity index (χ4v) is 10.7. The van der Waals surface area contributed by atoms with E-state index in [0.717, 1.165) is 122 Å². The number of alkyl carbamates (subject to hydrolysis) is 1. The lowest BCUT2D eigenvalue weighted by molar-refractivity contribution is -0.138. The van der Waals surface area contributed by atoms with Crippen LogP contribution in [0.2, 0.25) is 0 Å². The number of para-hydroxylation sites is 1. The number of aromatic amines is 1. The van der Waals surface area contributed by atoms with Crippen LogP contribution in [0.1, 0.15) is 111 Å². The quantitative estimate of drug-likeness (QED) is 0.0186. The number of carbonyl (C=O) groups excluding carboxylic acids is 2. The number of H-pyrrole nitrogens is 1. The minimum absolute atomic E-state index is 0. The average molecular weight is 1830 g/mol. The number of rotatable bonds is 17. The number of halogens is 17. The van der Waals surface area contributed by atoms with Gasteiger partial charge in [0, 0.05) is 54.8 Å². The molecule has 0 bridgehead atoms. The fraction of sp³-hybridized carbons (Fsp3) is 0.230. The van der Waals surface area contributed by atoms with Gasteiger partial charge in [-0.15, -0.1) is 42.2 Å². The Morgan fingerprint density at radius 2 is 0.758 bits per heavy atom. The number of alkyl halides is 16. The number of hydrogen-bond donors (Lipinski definition) is 5. The van der Waals surface area contributed by atoms with Crippen LogP contribution >= 0.6 is 23.2 Å². The van der Waals surface area contributed by atoms with E-state index in [1.807, 2.05) is 78.9 Å². The highest BCUT2D eigenvalue weighted by Gasteiger charge is 2.34. The molecule has 3 aromatic heterocycles. The van der Waals surface area contributed by atoms with E-state index in [9.17, 15) is 75.4 Å². The SMILES string of the molecule is CC(=O)Cl.CC(C)(C)OC(=O)NCCn1nnc(-c2ccccc2Cc2ccc(C(F)(F)F)cc2)n1.FC(F)(F)c1ccc(Cc2ccccc2-c2nn[nH]n2)cc1.N#Cc1ccccc1Cc1ccc(C(F)(F)F)cc1.N#Cc1ccccc1N.NCCCl.NCCn1nnc(-c2ccccc2Cc2ccc(C(F)(F)F)cc2)n1.O.O.[B]c1ccc(C(F)(F)F)cc1. The van der Waals surface area contributed by atoms with Crippen LogP contribution in [0.15, 0.2) is 243 Å². The first-order valence-corrected chi connectivity index (χ1v) is 38.4. The number of amides is 1. The zero-order valence-electron chi connectivity index (χ0n) is 68.4. The topological polar surface area (TPSA) is 386 Å².